The minimum Gasteiger partial charge on any atom is -0.310 e. The third kappa shape index (κ3) is 3.37. The summed E-state index contributed by atoms with van der Waals surface area (Å²) in [6.45, 7) is 4.63. The van der Waals surface area contributed by atoms with Gasteiger partial charge >= 0.3 is 0 Å². The highest BCUT2D eigenvalue weighted by Gasteiger charge is 2.30. The molecule has 0 radical (unpaired) electrons. The first-order valence-corrected chi connectivity index (χ1v) is 7.78. The average Bonchev–Trinajstić information content (AvgIpc) is 3.22. The van der Waals surface area contributed by atoms with Crippen LogP contribution in [0.3, 0.4) is 0 Å². The van der Waals surface area contributed by atoms with Crippen molar-refractivity contribution in [1.82, 2.24) is 10.2 Å². The molecule has 19 heavy (non-hydrogen) atoms. The summed E-state index contributed by atoms with van der Waals surface area (Å²) in [6.07, 6.45) is 5.20. The van der Waals surface area contributed by atoms with E-state index in [1.54, 1.807) is 0 Å². The zero-order valence-electron chi connectivity index (χ0n) is 12.2. The Bertz CT molecular complexity index is 406. The minimum absolute atomic E-state index is 0.683. The molecule has 1 N–H and O–H groups in total. The van der Waals surface area contributed by atoms with E-state index in [1.807, 2.05) is 0 Å². The number of hydrogen-bond acceptors (Lipinski definition) is 2. The summed E-state index contributed by atoms with van der Waals surface area (Å²) in [4.78, 5) is 2.49. The van der Waals surface area contributed by atoms with Gasteiger partial charge in [-0.05, 0) is 49.8 Å². The standard InChI is InChI=1S/C17H26N2/c1-3-13-4-6-14(7-5-13)15-10-17(12-19(2)11-15)18-16-8-9-16/h4-7,15-18H,3,8-12H2,1-2H3. The van der Waals surface area contributed by atoms with Gasteiger partial charge in [-0.25, -0.2) is 0 Å². The Morgan fingerprint density at radius 1 is 1.11 bits per heavy atom. The summed E-state index contributed by atoms with van der Waals surface area (Å²) in [5.74, 6) is 0.695. The van der Waals surface area contributed by atoms with Crippen LogP contribution in [0.1, 0.15) is 43.2 Å². The van der Waals surface area contributed by atoms with Crippen LogP contribution >= 0.6 is 0 Å². The molecule has 104 valence electrons. The molecule has 1 heterocycles. The zero-order chi connectivity index (χ0) is 13.2. The molecule has 1 aliphatic heterocycles. The molecule has 2 unspecified atom stereocenters. The fraction of sp³-hybridized carbons (Fsp3) is 0.647. The van der Waals surface area contributed by atoms with Gasteiger partial charge in [0.15, 0.2) is 0 Å². The van der Waals surface area contributed by atoms with Crippen molar-refractivity contribution in [3.63, 3.8) is 0 Å². The van der Waals surface area contributed by atoms with Gasteiger partial charge in [0.2, 0.25) is 0 Å². The minimum atomic E-state index is 0.683. The van der Waals surface area contributed by atoms with E-state index in [4.69, 9.17) is 0 Å². The quantitative estimate of drug-likeness (QED) is 0.893. The summed E-state index contributed by atoms with van der Waals surface area (Å²) in [7, 11) is 2.26. The summed E-state index contributed by atoms with van der Waals surface area (Å²) in [5, 5.41) is 3.80. The molecule has 3 rings (SSSR count). The molecule has 0 amide bonds. The Kier molecular flexibility index (Phi) is 3.90. The number of likely N-dealkylation sites (tertiary alicyclic amines) is 1. The van der Waals surface area contributed by atoms with Crippen molar-refractivity contribution < 1.29 is 0 Å². The number of hydrogen-bond donors (Lipinski definition) is 1. The van der Waals surface area contributed by atoms with E-state index in [-0.39, 0.29) is 0 Å². The predicted molar refractivity (Wildman–Crippen MR) is 80.6 cm³/mol. The second kappa shape index (κ2) is 5.64. The monoisotopic (exact) mass is 258 g/mol. The molecule has 2 atom stereocenters. The number of likely N-dealkylation sites (N-methyl/N-ethyl adjacent to an activating group) is 1. The van der Waals surface area contributed by atoms with Crippen molar-refractivity contribution in [3.8, 4) is 0 Å². The van der Waals surface area contributed by atoms with Crippen molar-refractivity contribution in [2.75, 3.05) is 20.1 Å². The molecule has 2 aliphatic rings. The third-order valence-electron chi connectivity index (χ3n) is 4.54. The first-order valence-electron chi connectivity index (χ1n) is 7.78. The molecule has 0 bridgehead atoms. The van der Waals surface area contributed by atoms with Gasteiger partial charge in [-0.15, -0.1) is 0 Å². The molecular formula is C17H26N2. The number of benzene rings is 1. The van der Waals surface area contributed by atoms with Crippen LogP contribution in [0, 0.1) is 0 Å². The van der Waals surface area contributed by atoms with Crippen LogP contribution in [0.2, 0.25) is 0 Å². The summed E-state index contributed by atoms with van der Waals surface area (Å²) in [6, 6.07) is 10.8. The van der Waals surface area contributed by atoms with E-state index >= 15 is 0 Å². The number of nitrogens with zero attached hydrogens (tertiary/aromatic N) is 1. The SMILES string of the molecule is CCc1ccc(C2CC(NC3CC3)CN(C)C2)cc1. The topological polar surface area (TPSA) is 15.3 Å². The smallest absolute Gasteiger partial charge is 0.0203 e. The highest BCUT2D eigenvalue weighted by Crippen LogP contribution is 2.29. The van der Waals surface area contributed by atoms with E-state index in [1.165, 1.54) is 43.5 Å². The lowest BCUT2D eigenvalue weighted by Gasteiger charge is -2.36. The average molecular weight is 258 g/mol. The van der Waals surface area contributed by atoms with Crippen molar-refractivity contribution in [2.45, 2.75) is 50.6 Å². The first kappa shape index (κ1) is 13.1. The van der Waals surface area contributed by atoms with Crippen LogP contribution in [-0.4, -0.2) is 37.1 Å². The van der Waals surface area contributed by atoms with Crippen molar-refractivity contribution in [3.05, 3.63) is 35.4 Å². The molecule has 2 heteroatoms. The molecule has 0 aromatic heterocycles. The van der Waals surface area contributed by atoms with Crippen LogP contribution < -0.4 is 5.32 Å². The van der Waals surface area contributed by atoms with Gasteiger partial charge in [-0.3, -0.25) is 0 Å². The Labute approximate surface area is 117 Å². The maximum Gasteiger partial charge on any atom is 0.0203 e. The first-order chi connectivity index (χ1) is 9.24. The van der Waals surface area contributed by atoms with E-state index in [9.17, 15) is 0 Å². The molecule has 2 nitrogen and oxygen atoms in total. The van der Waals surface area contributed by atoms with Gasteiger partial charge in [-0.2, -0.15) is 0 Å². The highest BCUT2D eigenvalue weighted by molar-refractivity contribution is 5.26. The van der Waals surface area contributed by atoms with Crippen LogP contribution in [-0.2, 0) is 6.42 Å². The number of piperidine rings is 1. The fourth-order valence-corrected chi connectivity index (χ4v) is 3.29. The molecule has 1 aliphatic carbocycles. The number of aryl methyl sites for hydroxylation is 1. The largest absolute Gasteiger partial charge is 0.310 e. The number of nitrogens with one attached hydrogen (secondary N) is 1. The second-order valence-electron chi connectivity index (χ2n) is 6.39. The Morgan fingerprint density at radius 3 is 2.47 bits per heavy atom. The molecule has 2 fully saturated rings. The van der Waals surface area contributed by atoms with Gasteiger partial charge in [0.05, 0.1) is 0 Å². The Morgan fingerprint density at radius 2 is 1.84 bits per heavy atom. The maximum absolute atomic E-state index is 3.80. The van der Waals surface area contributed by atoms with Crippen LogP contribution in [0.4, 0.5) is 0 Å². The highest BCUT2D eigenvalue weighted by atomic mass is 15.2. The predicted octanol–water partition coefficient (Wildman–Crippen LogP) is 2.79. The Balaban J connectivity index is 1.67. The van der Waals surface area contributed by atoms with Gasteiger partial charge in [0.1, 0.15) is 0 Å². The lowest BCUT2D eigenvalue weighted by Crippen LogP contribution is -2.47. The van der Waals surface area contributed by atoms with E-state index in [0.717, 1.165) is 12.5 Å². The summed E-state index contributed by atoms with van der Waals surface area (Å²) >= 11 is 0. The van der Waals surface area contributed by atoms with Crippen molar-refractivity contribution >= 4 is 0 Å². The zero-order valence-corrected chi connectivity index (χ0v) is 12.2. The molecule has 1 aromatic carbocycles. The molecule has 1 aromatic rings. The molecule has 1 saturated heterocycles. The second-order valence-corrected chi connectivity index (χ2v) is 6.39. The molecule has 1 saturated carbocycles. The van der Waals surface area contributed by atoms with E-state index in [0.29, 0.717) is 12.0 Å². The lowest BCUT2D eigenvalue weighted by atomic mass is 9.87. The van der Waals surface area contributed by atoms with Crippen LogP contribution in [0.5, 0.6) is 0 Å². The van der Waals surface area contributed by atoms with Gasteiger partial charge in [0.25, 0.3) is 0 Å². The summed E-state index contributed by atoms with van der Waals surface area (Å²) < 4.78 is 0. The van der Waals surface area contributed by atoms with E-state index < -0.39 is 0 Å². The maximum atomic E-state index is 3.80. The van der Waals surface area contributed by atoms with Gasteiger partial charge in [-0.1, -0.05) is 31.2 Å². The number of rotatable bonds is 4. The fourth-order valence-electron chi connectivity index (χ4n) is 3.29. The summed E-state index contributed by atoms with van der Waals surface area (Å²) in [5.41, 5.74) is 2.96. The van der Waals surface area contributed by atoms with Crippen molar-refractivity contribution in [1.29, 1.82) is 0 Å². The van der Waals surface area contributed by atoms with Gasteiger partial charge < -0.3 is 10.2 Å². The molecule has 0 spiro atoms. The normalized spacial score (nSPS) is 28.5. The third-order valence-corrected chi connectivity index (χ3v) is 4.54. The molecular weight excluding hydrogens is 232 g/mol. The van der Waals surface area contributed by atoms with Crippen LogP contribution in [0.15, 0.2) is 24.3 Å². The van der Waals surface area contributed by atoms with E-state index in [2.05, 4.69) is 48.5 Å². The van der Waals surface area contributed by atoms with Crippen molar-refractivity contribution in [2.24, 2.45) is 0 Å². The van der Waals surface area contributed by atoms with Crippen LogP contribution in [0.25, 0.3) is 0 Å². The van der Waals surface area contributed by atoms with Gasteiger partial charge in [0, 0.05) is 25.2 Å². The Hall–Kier alpha value is -0.860. The lowest BCUT2D eigenvalue weighted by molar-refractivity contribution is 0.203.